The van der Waals surface area contributed by atoms with Gasteiger partial charge in [0, 0.05) is 57.7 Å². The highest BCUT2D eigenvalue weighted by molar-refractivity contribution is 5.94. The third kappa shape index (κ3) is 3.56. The van der Waals surface area contributed by atoms with E-state index in [9.17, 15) is 9.90 Å². The summed E-state index contributed by atoms with van der Waals surface area (Å²) in [6.07, 6.45) is 4.85. The zero-order valence-corrected chi connectivity index (χ0v) is 16.7. The molecule has 5 rings (SSSR count). The van der Waals surface area contributed by atoms with Crippen molar-refractivity contribution < 1.29 is 9.90 Å². The standard InChI is InChI=1S/C23H28N4O2/c28-21-11-20-13-26(22(29)19-7-4-9-24-12-19)17-23(27(20)14-21)15-25(16-23)10-8-18-5-2-1-3-6-18/h1-7,9,12,20-21,28H,8,10-11,13-17H2/t20-,21-/m1/s1. The second-order valence-corrected chi connectivity index (χ2v) is 8.79. The molecular formula is C23H28N4O2. The van der Waals surface area contributed by atoms with Gasteiger partial charge >= 0.3 is 0 Å². The van der Waals surface area contributed by atoms with Gasteiger partial charge in [0.15, 0.2) is 0 Å². The molecule has 0 radical (unpaired) electrons. The van der Waals surface area contributed by atoms with E-state index in [1.807, 2.05) is 17.0 Å². The lowest BCUT2D eigenvalue weighted by Gasteiger charge is -2.61. The summed E-state index contributed by atoms with van der Waals surface area (Å²) in [5.74, 6) is 0.0567. The van der Waals surface area contributed by atoms with Gasteiger partial charge in [0.25, 0.3) is 5.91 Å². The van der Waals surface area contributed by atoms with Crippen LogP contribution in [-0.4, -0.2) is 87.7 Å². The Balaban J connectivity index is 1.28. The van der Waals surface area contributed by atoms with Gasteiger partial charge in [-0.3, -0.25) is 19.6 Å². The summed E-state index contributed by atoms with van der Waals surface area (Å²) in [6, 6.07) is 14.5. The highest BCUT2D eigenvalue weighted by Gasteiger charge is 2.56. The van der Waals surface area contributed by atoms with Crippen LogP contribution < -0.4 is 0 Å². The number of carbonyl (C=O) groups is 1. The summed E-state index contributed by atoms with van der Waals surface area (Å²) >= 11 is 0. The Bertz CT molecular complexity index is 854. The number of hydrogen-bond donors (Lipinski definition) is 1. The predicted molar refractivity (Wildman–Crippen MR) is 111 cm³/mol. The lowest BCUT2D eigenvalue weighted by Crippen LogP contribution is -2.78. The van der Waals surface area contributed by atoms with Crippen molar-refractivity contribution in [2.24, 2.45) is 0 Å². The number of pyridine rings is 1. The number of rotatable bonds is 4. The van der Waals surface area contributed by atoms with Crippen molar-refractivity contribution in [3.05, 3.63) is 66.0 Å². The average molecular weight is 393 g/mol. The lowest BCUT2D eigenvalue weighted by molar-refractivity contribution is -0.105. The number of benzene rings is 1. The topological polar surface area (TPSA) is 59.9 Å². The molecule has 1 aromatic carbocycles. The molecule has 1 N–H and O–H groups in total. The van der Waals surface area contributed by atoms with Crippen LogP contribution >= 0.6 is 0 Å². The number of piperazine rings is 1. The van der Waals surface area contributed by atoms with Crippen LogP contribution in [0, 0.1) is 0 Å². The highest BCUT2D eigenvalue weighted by Crippen LogP contribution is 2.39. The fourth-order valence-corrected chi connectivity index (χ4v) is 5.40. The molecule has 0 aliphatic carbocycles. The molecule has 6 heteroatoms. The monoisotopic (exact) mass is 392 g/mol. The predicted octanol–water partition coefficient (Wildman–Crippen LogP) is 1.27. The highest BCUT2D eigenvalue weighted by atomic mass is 16.3. The van der Waals surface area contributed by atoms with Gasteiger partial charge in [-0.1, -0.05) is 30.3 Å². The minimum atomic E-state index is -0.288. The molecule has 2 aromatic rings. The van der Waals surface area contributed by atoms with E-state index in [1.165, 1.54) is 5.56 Å². The molecule has 3 fully saturated rings. The summed E-state index contributed by atoms with van der Waals surface area (Å²) in [6.45, 7) is 5.09. The number of aliphatic hydroxyl groups is 1. The fourth-order valence-electron chi connectivity index (χ4n) is 5.40. The number of amides is 1. The lowest BCUT2D eigenvalue weighted by atomic mass is 9.83. The quantitative estimate of drug-likeness (QED) is 0.849. The number of nitrogens with zero attached hydrogens (tertiary/aromatic N) is 4. The van der Waals surface area contributed by atoms with Gasteiger partial charge in [0.2, 0.25) is 0 Å². The van der Waals surface area contributed by atoms with Gasteiger partial charge in [-0.25, -0.2) is 0 Å². The van der Waals surface area contributed by atoms with Gasteiger partial charge in [-0.15, -0.1) is 0 Å². The third-order valence-electron chi connectivity index (χ3n) is 6.71. The molecule has 4 heterocycles. The van der Waals surface area contributed by atoms with Crippen molar-refractivity contribution in [2.75, 3.05) is 39.3 Å². The third-order valence-corrected chi connectivity index (χ3v) is 6.71. The SMILES string of the molecule is O=C(c1cccnc1)N1C[C@H]2C[C@@H](O)CN2C2(CN(CCc3ccccc3)C2)C1. The average Bonchev–Trinajstić information content (AvgIpc) is 3.11. The van der Waals surface area contributed by atoms with E-state index in [1.54, 1.807) is 12.4 Å². The number of β-amino-alcohol motifs (C(OH)–C–C–N with tert-alkyl or cyclic N) is 1. The van der Waals surface area contributed by atoms with Crippen LogP contribution in [0.1, 0.15) is 22.3 Å². The Hall–Kier alpha value is -2.28. The summed E-state index contributed by atoms with van der Waals surface area (Å²) in [5, 5.41) is 10.3. The Morgan fingerprint density at radius 3 is 2.69 bits per heavy atom. The Morgan fingerprint density at radius 2 is 1.93 bits per heavy atom. The van der Waals surface area contributed by atoms with Gasteiger partial charge in [-0.05, 0) is 30.5 Å². The molecule has 1 amide bonds. The van der Waals surface area contributed by atoms with Crippen molar-refractivity contribution in [3.63, 3.8) is 0 Å². The van der Waals surface area contributed by atoms with Gasteiger partial charge in [0.1, 0.15) is 0 Å². The normalized spacial score (nSPS) is 26.3. The number of aromatic nitrogens is 1. The van der Waals surface area contributed by atoms with Crippen LogP contribution in [0.2, 0.25) is 0 Å². The van der Waals surface area contributed by atoms with Crippen LogP contribution in [0.25, 0.3) is 0 Å². The van der Waals surface area contributed by atoms with Gasteiger partial charge in [-0.2, -0.15) is 0 Å². The number of carbonyl (C=O) groups excluding carboxylic acids is 1. The molecule has 6 nitrogen and oxygen atoms in total. The van der Waals surface area contributed by atoms with E-state index in [0.717, 1.165) is 45.6 Å². The number of aliphatic hydroxyl groups excluding tert-OH is 1. The first kappa shape index (κ1) is 18.7. The van der Waals surface area contributed by atoms with Crippen molar-refractivity contribution >= 4 is 5.91 Å². The second kappa shape index (κ2) is 7.52. The van der Waals surface area contributed by atoms with E-state index in [-0.39, 0.29) is 23.6 Å². The smallest absolute Gasteiger partial charge is 0.255 e. The van der Waals surface area contributed by atoms with Crippen LogP contribution in [0.3, 0.4) is 0 Å². The maximum atomic E-state index is 13.1. The second-order valence-electron chi connectivity index (χ2n) is 8.79. The number of likely N-dealkylation sites (tertiary alicyclic amines) is 1. The molecule has 3 aliphatic heterocycles. The molecule has 1 aromatic heterocycles. The van der Waals surface area contributed by atoms with Crippen LogP contribution in [0.5, 0.6) is 0 Å². The zero-order valence-electron chi connectivity index (χ0n) is 16.7. The van der Waals surface area contributed by atoms with Gasteiger partial charge < -0.3 is 10.0 Å². The van der Waals surface area contributed by atoms with Crippen molar-refractivity contribution in [1.29, 1.82) is 0 Å². The molecule has 2 atom stereocenters. The summed E-state index contributed by atoms with van der Waals surface area (Å²) in [7, 11) is 0. The summed E-state index contributed by atoms with van der Waals surface area (Å²) in [5.41, 5.74) is 1.98. The van der Waals surface area contributed by atoms with E-state index in [2.05, 4.69) is 45.1 Å². The minimum Gasteiger partial charge on any atom is -0.392 e. The first-order valence-electron chi connectivity index (χ1n) is 10.5. The molecule has 0 saturated carbocycles. The molecular weight excluding hydrogens is 364 g/mol. The minimum absolute atomic E-state index is 0.0328. The maximum Gasteiger partial charge on any atom is 0.255 e. The maximum absolute atomic E-state index is 13.1. The molecule has 3 aliphatic rings. The molecule has 0 unspecified atom stereocenters. The summed E-state index contributed by atoms with van der Waals surface area (Å²) < 4.78 is 0. The van der Waals surface area contributed by atoms with E-state index >= 15 is 0 Å². The Labute approximate surface area is 171 Å². The molecule has 0 bridgehead atoms. The number of hydrogen-bond acceptors (Lipinski definition) is 5. The fraction of sp³-hybridized carbons (Fsp3) is 0.478. The van der Waals surface area contributed by atoms with Crippen molar-refractivity contribution in [1.82, 2.24) is 19.7 Å². The molecule has 152 valence electrons. The van der Waals surface area contributed by atoms with E-state index < -0.39 is 0 Å². The first-order valence-corrected chi connectivity index (χ1v) is 10.5. The molecule has 1 spiro atoms. The van der Waals surface area contributed by atoms with Crippen LogP contribution in [0.4, 0.5) is 0 Å². The van der Waals surface area contributed by atoms with Gasteiger partial charge in [0.05, 0.1) is 17.2 Å². The molecule has 3 saturated heterocycles. The van der Waals surface area contributed by atoms with Crippen molar-refractivity contribution in [3.8, 4) is 0 Å². The van der Waals surface area contributed by atoms with Crippen LogP contribution in [0.15, 0.2) is 54.9 Å². The summed E-state index contributed by atoms with van der Waals surface area (Å²) in [4.78, 5) is 24.1. The number of fused-ring (bicyclic) bond motifs is 2. The molecule has 29 heavy (non-hydrogen) atoms. The zero-order chi connectivity index (χ0) is 19.8. The Kier molecular flexibility index (Phi) is 4.86. The van der Waals surface area contributed by atoms with E-state index in [0.29, 0.717) is 12.1 Å². The van der Waals surface area contributed by atoms with Crippen LogP contribution in [-0.2, 0) is 6.42 Å². The van der Waals surface area contributed by atoms with E-state index in [4.69, 9.17) is 0 Å². The van der Waals surface area contributed by atoms with Crippen molar-refractivity contribution in [2.45, 2.75) is 30.5 Å². The first-order chi connectivity index (χ1) is 14.1. The Morgan fingerprint density at radius 1 is 1.10 bits per heavy atom. The largest absolute Gasteiger partial charge is 0.392 e.